The third kappa shape index (κ3) is 9.12. The van der Waals surface area contributed by atoms with Gasteiger partial charge in [0.05, 0.1) is 30.8 Å². The van der Waals surface area contributed by atoms with E-state index in [9.17, 15) is 9.59 Å². The maximum Gasteiger partial charge on any atom is 0.351 e. The van der Waals surface area contributed by atoms with Gasteiger partial charge in [0, 0.05) is 36.5 Å². The van der Waals surface area contributed by atoms with Crippen LogP contribution in [0.4, 0.5) is 5.82 Å². The number of benzene rings is 2. The van der Waals surface area contributed by atoms with Crippen LogP contribution in [0.1, 0.15) is 75.2 Å². The van der Waals surface area contributed by atoms with Crippen LogP contribution in [0.15, 0.2) is 71.7 Å². The highest BCUT2D eigenvalue weighted by molar-refractivity contribution is 7.44. The van der Waals surface area contributed by atoms with Gasteiger partial charge in [-0.05, 0) is 58.4 Å². The predicted octanol–water partition coefficient (Wildman–Crippen LogP) is 5.88. The molecule has 0 bridgehead atoms. The Morgan fingerprint density at radius 2 is 1.72 bits per heavy atom. The SMILES string of the molecule is CC[C@H]1O[C@@H](n2cc(C#Cc3ccccc3)c(NC(=O)c3ccccc3)nc2=O)[C@H](OC)[C@@H]1OP(OCCC#N)N(C(C)C)C(C)C. The summed E-state index contributed by atoms with van der Waals surface area (Å²) >= 11 is 0. The molecule has 0 radical (unpaired) electrons. The summed E-state index contributed by atoms with van der Waals surface area (Å²) in [5.41, 5.74) is 0.831. The monoisotopic (exact) mass is 659 g/mol. The summed E-state index contributed by atoms with van der Waals surface area (Å²) < 4.78 is 28.7. The van der Waals surface area contributed by atoms with Gasteiger partial charge in [0.1, 0.15) is 12.2 Å². The number of hydrogen-bond donors (Lipinski definition) is 1. The molecule has 1 aliphatic heterocycles. The third-order valence-corrected chi connectivity index (χ3v) is 9.57. The van der Waals surface area contributed by atoms with E-state index in [2.05, 4.69) is 60.6 Å². The van der Waals surface area contributed by atoms with Crippen molar-refractivity contribution < 1.29 is 23.3 Å². The van der Waals surface area contributed by atoms with Crippen molar-refractivity contribution >= 4 is 20.3 Å². The van der Waals surface area contributed by atoms with Gasteiger partial charge in [-0.1, -0.05) is 55.2 Å². The quantitative estimate of drug-likeness (QED) is 0.136. The highest BCUT2D eigenvalue weighted by Crippen LogP contribution is 2.50. The highest BCUT2D eigenvalue weighted by atomic mass is 31.2. The van der Waals surface area contributed by atoms with Crippen LogP contribution in [0.25, 0.3) is 0 Å². The van der Waals surface area contributed by atoms with Crippen molar-refractivity contribution in [1.29, 1.82) is 5.26 Å². The number of amides is 1. The highest BCUT2D eigenvalue weighted by Gasteiger charge is 2.49. The molecule has 5 atom stereocenters. The van der Waals surface area contributed by atoms with Gasteiger partial charge in [0.25, 0.3) is 14.4 Å². The van der Waals surface area contributed by atoms with Crippen LogP contribution in [-0.2, 0) is 18.5 Å². The summed E-state index contributed by atoms with van der Waals surface area (Å²) in [5, 5.41) is 11.9. The first-order valence-electron chi connectivity index (χ1n) is 15.7. The Morgan fingerprint density at radius 3 is 2.32 bits per heavy atom. The summed E-state index contributed by atoms with van der Waals surface area (Å²) in [6, 6.07) is 20.3. The Morgan fingerprint density at radius 1 is 1.06 bits per heavy atom. The number of nitrogens with zero attached hydrogens (tertiary/aromatic N) is 4. The van der Waals surface area contributed by atoms with Crippen LogP contribution in [0.3, 0.4) is 0 Å². The van der Waals surface area contributed by atoms with E-state index in [1.54, 1.807) is 37.6 Å². The van der Waals surface area contributed by atoms with Gasteiger partial charge in [0.2, 0.25) is 0 Å². The summed E-state index contributed by atoms with van der Waals surface area (Å²) in [6.07, 6.45) is -0.343. The Labute approximate surface area is 277 Å². The van der Waals surface area contributed by atoms with Gasteiger partial charge in [0.15, 0.2) is 12.0 Å². The number of aromatic nitrogens is 2. The molecule has 1 amide bonds. The van der Waals surface area contributed by atoms with E-state index >= 15 is 0 Å². The fourth-order valence-electron chi connectivity index (χ4n) is 5.31. The van der Waals surface area contributed by atoms with E-state index in [0.717, 1.165) is 5.56 Å². The number of methoxy groups -OCH3 is 1. The van der Waals surface area contributed by atoms with Gasteiger partial charge in [-0.3, -0.25) is 9.36 Å². The minimum absolute atomic E-state index is 0.0364. The minimum Gasteiger partial charge on any atom is -0.374 e. The summed E-state index contributed by atoms with van der Waals surface area (Å²) in [6.45, 7) is 10.4. The lowest BCUT2D eigenvalue weighted by Crippen LogP contribution is -2.40. The molecule has 1 unspecified atom stereocenters. The fourth-order valence-corrected chi connectivity index (χ4v) is 7.07. The van der Waals surface area contributed by atoms with E-state index < -0.39 is 44.7 Å². The van der Waals surface area contributed by atoms with E-state index in [1.165, 1.54) is 4.57 Å². The van der Waals surface area contributed by atoms with Gasteiger partial charge in [-0.15, -0.1) is 0 Å². The molecular weight excluding hydrogens is 617 g/mol. The second kappa shape index (κ2) is 17.3. The number of carbonyl (C=O) groups is 1. The van der Waals surface area contributed by atoms with Crippen molar-refractivity contribution in [3.8, 4) is 17.9 Å². The number of ether oxygens (including phenoxy) is 2. The van der Waals surface area contributed by atoms with Crippen molar-refractivity contribution in [2.45, 2.75) is 84.1 Å². The van der Waals surface area contributed by atoms with Crippen molar-refractivity contribution in [3.05, 3.63) is 94.0 Å². The molecule has 11 nitrogen and oxygen atoms in total. The first-order chi connectivity index (χ1) is 22.7. The lowest BCUT2D eigenvalue weighted by atomic mass is 10.1. The van der Waals surface area contributed by atoms with E-state index in [0.29, 0.717) is 17.5 Å². The van der Waals surface area contributed by atoms with Crippen molar-refractivity contribution in [1.82, 2.24) is 14.2 Å². The van der Waals surface area contributed by atoms with Crippen molar-refractivity contribution in [3.63, 3.8) is 0 Å². The number of rotatable bonds is 13. The molecular formula is C35H42N5O6P. The molecule has 2 aromatic carbocycles. The Bertz CT molecular complexity index is 1630. The molecule has 4 rings (SSSR count). The molecule has 47 heavy (non-hydrogen) atoms. The smallest absolute Gasteiger partial charge is 0.351 e. The van der Waals surface area contributed by atoms with Crippen LogP contribution in [0.2, 0.25) is 0 Å². The maximum atomic E-state index is 13.6. The predicted molar refractivity (Wildman–Crippen MR) is 180 cm³/mol. The number of nitrogens with one attached hydrogen (secondary N) is 1. The number of anilines is 1. The second-order valence-electron chi connectivity index (χ2n) is 11.4. The van der Waals surface area contributed by atoms with Gasteiger partial charge in [-0.25, -0.2) is 9.46 Å². The molecule has 0 spiro atoms. The summed E-state index contributed by atoms with van der Waals surface area (Å²) in [7, 11) is -0.0700. The lowest BCUT2D eigenvalue weighted by molar-refractivity contribution is -0.0539. The van der Waals surface area contributed by atoms with E-state index in [-0.39, 0.29) is 30.9 Å². The Balaban J connectivity index is 1.73. The zero-order valence-electron chi connectivity index (χ0n) is 27.6. The largest absolute Gasteiger partial charge is 0.374 e. The van der Waals surface area contributed by atoms with E-state index in [4.69, 9.17) is 23.8 Å². The van der Waals surface area contributed by atoms with Crippen LogP contribution in [-0.4, -0.2) is 64.2 Å². The van der Waals surface area contributed by atoms with Crippen molar-refractivity contribution in [2.75, 3.05) is 19.0 Å². The molecule has 1 saturated heterocycles. The molecule has 248 valence electrons. The van der Waals surface area contributed by atoms with Crippen LogP contribution < -0.4 is 11.0 Å². The standard InChI is InChI=1S/C35H42N5O6P/c1-7-29-30(46-47(44-22-14-21-36)40(24(2)3)25(4)5)31(43-6)34(45-29)39-23-28(20-19-26-15-10-8-11-16-26)32(38-35(39)42)37-33(41)27-17-12-9-13-18-27/h8-13,15-18,23-25,29-31,34H,7,14,22H2,1-6H3,(H,37,38,41,42)/t29-,30-,31-,34-,47?/m1/s1. The molecule has 0 aliphatic carbocycles. The number of nitriles is 1. The van der Waals surface area contributed by atoms with Gasteiger partial charge in [-0.2, -0.15) is 10.2 Å². The third-order valence-electron chi connectivity index (χ3n) is 7.44. The Kier molecular flexibility index (Phi) is 13.2. The minimum atomic E-state index is -1.61. The van der Waals surface area contributed by atoms with Crippen LogP contribution in [0.5, 0.6) is 0 Å². The average Bonchev–Trinajstić information content (AvgIpc) is 3.41. The average molecular weight is 660 g/mol. The molecule has 12 heteroatoms. The first-order valence-corrected chi connectivity index (χ1v) is 16.8. The summed E-state index contributed by atoms with van der Waals surface area (Å²) in [5.74, 6) is 5.79. The molecule has 3 aromatic rings. The Hall–Kier alpha value is -3.93. The topological polar surface area (TPSA) is 128 Å². The first kappa shape index (κ1) is 35.9. The van der Waals surface area contributed by atoms with Crippen LogP contribution >= 0.6 is 8.53 Å². The van der Waals surface area contributed by atoms with Gasteiger partial charge < -0.3 is 23.8 Å². The molecule has 1 aliphatic rings. The molecule has 2 heterocycles. The van der Waals surface area contributed by atoms with Crippen LogP contribution in [0, 0.1) is 23.2 Å². The molecule has 0 saturated carbocycles. The van der Waals surface area contributed by atoms with E-state index in [1.807, 2.05) is 43.3 Å². The molecule has 1 N–H and O–H groups in total. The molecule has 1 aromatic heterocycles. The number of hydrogen-bond acceptors (Lipinski definition) is 9. The second-order valence-corrected chi connectivity index (χ2v) is 12.8. The number of carbonyl (C=O) groups excluding carboxylic acids is 1. The normalized spacial score (nSPS) is 19.7. The molecule has 1 fully saturated rings. The lowest BCUT2D eigenvalue weighted by Gasteiger charge is -2.38. The fraction of sp³-hybridized carbons (Fsp3) is 0.429. The zero-order valence-corrected chi connectivity index (χ0v) is 28.5. The summed E-state index contributed by atoms with van der Waals surface area (Å²) in [4.78, 5) is 31.0. The van der Waals surface area contributed by atoms with Crippen molar-refractivity contribution in [2.24, 2.45) is 0 Å². The van der Waals surface area contributed by atoms with Gasteiger partial charge >= 0.3 is 5.69 Å². The zero-order chi connectivity index (χ0) is 33.9. The maximum absolute atomic E-state index is 13.6.